The molecule has 1 heterocycles. The maximum absolute atomic E-state index is 6.01. The summed E-state index contributed by atoms with van der Waals surface area (Å²) >= 11 is 0. The Morgan fingerprint density at radius 1 is 1.40 bits per heavy atom. The average Bonchev–Trinajstić information content (AvgIpc) is 2.73. The molecule has 2 rings (SSSR count). The highest BCUT2D eigenvalue weighted by atomic mass is 16.5. The Labute approximate surface area is 122 Å². The van der Waals surface area contributed by atoms with Crippen molar-refractivity contribution < 1.29 is 9.47 Å². The van der Waals surface area contributed by atoms with Crippen LogP contribution < -0.4 is 14.8 Å². The monoisotopic (exact) mass is 277 g/mol. The molecule has 1 aliphatic rings. The lowest BCUT2D eigenvalue weighted by Crippen LogP contribution is -2.25. The van der Waals surface area contributed by atoms with Gasteiger partial charge in [0.25, 0.3) is 0 Å². The van der Waals surface area contributed by atoms with Gasteiger partial charge in [-0.1, -0.05) is 19.1 Å². The van der Waals surface area contributed by atoms with Gasteiger partial charge >= 0.3 is 0 Å². The maximum Gasteiger partial charge on any atom is 0.165 e. The van der Waals surface area contributed by atoms with Crippen LogP contribution in [0.15, 0.2) is 18.2 Å². The van der Waals surface area contributed by atoms with E-state index in [9.17, 15) is 0 Å². The van der Waals surface area contributed by atoms with E-state index < -0.39 is 0 Å². The van der Waals surface area contributed by atoms with E-state index in [0.29, 0.717) is 6.04 Å². The minimum Gasteiger partial charge on any atom is -0.490 e. The van der Waals surface area contributed by atoms with Crippen LogP contribution >= 0.6 is 0 Å². The number of nitrogens with one attached hydrogen (secondary N) is 1. The van der Waals surface area contributed by atoms with Gasteiger partial charge in [0.05, 0.1) is 6.61 Å². The van der Waals surface area contributed by atoms with Crippen molar-refractivity contribution in [2.75, 3.05) is 13.7 Å². The fourth-order valence-electron chi connectivity index (χ4n) is 2.77. The van der Waals surface area contributed by atoms with Crippen LogP contribution in [-0.2, 0) is 6.42 Å². The van der Waals surface area contributed by atoms with Crippen molar-refractivity contribution >= 4 is 0 Å². The van der Waals surface area contributed by atoms with Gasteiger partial charge in [-0.2, -0.15) is 0 Å². The molecule has 1 aromatic carbocycles. The molecule has 0 saturated heterocycles. The summed E-state index contributed by atoms with van der Waals surface area (Å²) in [5, 5.41) is 3.32. The van der Waals surface area contributed by atoms with Gasteiger partial charge in [0.2, 0.25) is 0 Å². The largest absolute Gasteiger partial charge is 0.490 e. The number of ether oxygens (including phenoxy) is 2. The van der Waals surface area contributed by atoms with Crippen molar-refractivity contribution in [3.05, 3.63) is 23.8 Å². The Kier molecular flexibility index (Phi) is 4.92. The normalized spacial score (nSPS) is 17.4. The predicted molar refractivity (Wildman–Crippen MR) is 82.7 cm³/mol. The van der Waals surface area contributed by atoms with Gasteiger partial charge in [0.1, 0.15) is 5.60 Å². The molecule has 0 spiro atoms. The first-order chi connectivity index (χ1) is 9.55. The molecule has 1 unspecified atom stereocenters. The van der Waals surface area contributed by atoms with Gasteiger partial charge in [-0.05, 0) is 46.2 Å². The van der Waals surface area contributed by atoms with Gasteiger partial charge in [0.15, 0.2) is 11.5 Å². The molecule has 1 aliphatic heterocycles. The zero-order chi connectivity index (χ0) is 14.6. The van der Waals surface area contributed by atoms with Crippen LogP contribution in [0.2, 0.25) is 0 Å². The lowest BCUT2D eigenvalue weighted by molar-refractivity contribution is 0.132. The van der Waals surface area contributed by atoms with Crippen LogP contribution in [-0.4, -0.2) is 25.3 Å². The lowest BCUT2D eigenvalue weighted by Gasteiger charge is -2.18. The minimum atomic E-state index is -0.110. The summed E-state index contributed by atoms with van der Waals surface area (Å²) in [6.45, 7) is 7.20. The summed E-state index contributed by atoms with van der Waals surface area (Å²) in [5.74, 6) is 1.84. The number of hydrogen-bond donors (Lipinski definition) is 1. The van der Waals surface area contributed by atoms with Gasteiger partial charge in [-0.15, -0.1) is 0 Å². The fraction of sp³-hybridized carbons (Fsp3) is 0.647. The van der Waals surface area contributed by atoms with Gasteiger partial charge in [-0.25, -0.2) is 0 Å². The molecule has 0 amide bonds. The van der Waals surface area contributed by atoms with Crippen LogP contribution in [0.25, 0.3) is 0 Å². The zero-order valence-electron chi connectivity index (χ0n) is 13.2. The molecule has 0 fully saturated rings. The molecule has 0 aromatic heterocycles. The Morgan fingerprint density at radius 3 is 2.90 bits per heavy atom. The third-order valence-electron chi connectivity index (χ3n) is 3.91. The number of fused-ring (bicyclic) bond motifs is 1. The fourth-order valence-corrected chi connectivity index (χ4v) is 2.77. The molecule has 0 saturated carbocycles. The Hall–Kier alpha value is -1.22. The molecule has 3 heteroatoms. The number of para-hydroxylation sites is 1. The van der Waals surface area contributed by atoms with Crippen LogP contribution in [0.1, 0.15) is 45.6 Å². The smallest absolute Gasteiger partial charge is 0.165 e. The van der Waals surface area contributed by atoms with Crippen LogP contribution in [0.4, 0.5) is 0 Å². The Morgan fingerprint density at radius 2 is 2.20 bits per heavy atom. The molecule has 0 radical (unpaired) electrons. The summed E-state index contributed by atoms with van der Waals surface area (Å²) in [6, 6.07) is 6.79. The van der Waals surface area contributed by atoms with Crippen molar-refractivity contribution in [2.45, 2.75) is 58.1 Å². The highest BCUT2D eigenvalue weighted by Crippen LogP contribution is 2.41. The van der Waals surface area contributed by atoms with E-state index in [4.69, 9.17) is 9.47 Å². The van der Waals surface area contributed by atoms with E-state index in [1.165, 1.54) is 5.56 Å². The van der Waals surface area contributed by atoms with E-state index in [-0.39, 0.29) is 5.60 Å². The topological polar surface area (TPSA) is 30.5 Å². The third kappa shape index (κ3) is 3.66. The average molecular weight is 277 g/mol. The number of benzene rings is 1. The number of hydrogen-bond acceptors (Lipinski definition) is 3. The first kappa shape index (κ1) is 15.2. The van der Waals surface area contributed by atoms with Crippen molar-refractivity contribution in [3.63, 3.8) is 0 Å². The molecule has 1 atom stereocenters. The predicted octanol–water partition coefficient (Wildman–Crippen LogP) is 3.56. The SMILES string of the molecule is CCC(CCCOc1cccc2c1OC(C)(C)C2)NC. The molecule has 3 nitrogen and oxygen atoms in total. The standard InChI is InChI=1S/C17H27NO2/c1-5-14(18-4)9-7-11-19-15-10-6-8-13-12-17(2,3)20-16(13)15/h6,8,10,14,18H,5,7,9,11-12H2,1-4H3. The molecule has 1 aromatic rings. The molecular weight excluding hydrogens is 250 g/mol. The Balaban J connectivity index is 1.88. The van der Waals surface area contributed by atoms with Crippen LogP contribution in [0, 0.1) is 0 Å². The third-order valence-corrected chi connectivity index (χ3v) is 3.91. The highest BCUT2D eigenvalue weighted by Gasteiger charge is 2.32. The summed E-state index contributed by atoms with van der Waals surface area (Å²) in [6.07, 6.45) is 4.33. The molecule has 0 aliphatic carbocycles. The summed E-state index contributed by atoms with van der Waals surface area (Å²) in [4.78, 5) is 0. The molecule has 0 bridgehead atoms. The molecule has 112 valence electrons. The van der Waals surface area contributed by atoms with Crippen molar-refractivity contribution in [2.24, 2.45) is 0 Å². The summed E-state index contributed by atoms with van der Waals surface area (Å²) in [5.41, 5.74) is 1.15. The van der Waals surface area contributed by atoms with Gasteiger partial charge in [0, 0.05) is 18.0 Å². The quantitative estimate of drug-likeness (QED) is 0.773. The van der Waals surface area contributed by atoms with E-state index in [1.54, 1.807) is 0 Å². The first-order valence-corrected chi connectivity index (χ1v) is 7.66. The maximum atomic E-state index is 6.01. The first-order valence-electron chi connectivity index (χ1n) is 7.66. The second kappa shape index (κ2) is 6.49. The van der Waals surface area contributed by atoms with Crippen molar-refractivity contribution in [3.8, 4) is 11.5 Å². The number of rotatable bonds is 7. The molecule has 20 heavy (non-hydrogen) atoms. The highest BCUT2D eigenvalue weighted by molar-refractivity contribution is 5.50. The molecular formula is C17H27NO2. The summed E-state index contributed by atoms with van der Waals surface area (Å²) in [7, 11) is 2.02. The van der Waals surface area contributed by atoms with Crippen molar-refractivity contribution in [1.82, 2.24) is 5.32 Å². The van der Waals surface area contributed by atoms with Crippen LogP contribution in [0.3, 0.4) is 0 Å². The zero-order valence-corrected chi connectivity index (χ0v) is 13.2. The van der Waals surface area contributed by atoms with E-state index in [0.717, 1.165) is 43.8 Å². The molecule has 1 N–H and O–H groups in total. The van der Waals surface area contributed by atoms with E-state index >= 15 is 0 Å². The summed E-state index contributed by atoms with van der Waals surface area (Å²) < 4.78 is 11.9. The second-order valence-electron chi connectivity index (χ2n) is 6.17. The van der Waals surface area contributed by atoms with E-state index in [1.807, 2.05) is 13.1 Å². The minimum absolute atomic E-state index is 0.110. The Bertz CT molecular complexity index is 439. The van der Waals surface area contributed by atoms with Crippen molar-refractivity contribution in [1.29, 1.82) is 0 Å². The lowest BCUT2D eigenvalue weighted by atomic mass is 10.0. The van der Waals surface area contributed by atoms with Gasteiger partial charge < -0.3 is 14.8 Å². The second-order valence-corrected chi connectivity index (χ2v) is 6.17. The van der Waals surface area contributed by atoms with Gasteiger partial charge in [-0.3, -0.25) is 0 Å². The van der Waals surface area contributed by atoms with Crippen LogP contribution in [0.5, 0.6) is 11.5 Å². The van der Waals surface area contributed by atoms with E-state index in [2.05, 4.69) is 38.2 Å².